The third kappa shape index (κ3) is 0.574. The van der Waals surface area contributed by atoms with Crippen LogP contribution in [-0.2, 0) is 0 Å². The molecular weight excluding hydrogens is 134 g/mol. The third-order valence-corrected chi connectivity index (χ3v) is 3.37. The Morgan fingerprint density at radius 2 is 2.27 bits per heavy atom. The van der Waals surface area contributed by atoms with Crippen LogP contribution in [0.2, 0.25) is 0 Å². The maximum absolute atomic E-state index is 4.20. The number of rotatable bonds is 0. The first kappa shape index (κ1) is 5.87. The summed E-state index contributed by atoms with van der Waals surface area (Å²) < 4.78 is 0. The van der Waals surface area contributed by atoms with Crippen molar-refractivity contribution < 1.29 is 0 Å². The van der Waals surface area contributed by atoms with Gasteiger partial charge in [-0.2, -0.15) is 0 Å². The fourth-order valence-electron chi connectivity index (χ4n) is 2.43. The van der Waals surface area contributed by atoms with Crippen molar-refractivity contribution in [3.05, 3.63) is 23.9 Å². The van der Waals surface area contributed by atoms with Crippen LogP contribution in [-0.4, -0.2) is 18.0 Å². The van der Waals surface area contributed by atoms with Gasteiger partial charge in [0.25, 0.3) is 0 Å². The second kappa shape index (κ2) is 1.55. The van der Waals surface area contributed by atoms with E-state index in [2.05, 4.69) is 17.6 Å². The van der Waals surface area contributed by atoms with Gasteiger partial charge in [0.15, 0.2) is 0 Å². The maximum atomic E-state index is 4.20. The maximum Gasteiger partial charge on any atom is 0.0359 e. The lowest BCUT2D eigenvalue weighted by Crippen LogP contribution is -2.16. The molecule has 3 aliphatic rings. The van der Waals surface area contributed by atoms with Gasteiger partial charge in [0.05, 0.1) is 0 Å². The zero-order valence-electron chi connectivity index (χ0n) is 6.77. The van der Waals surface area contributed by atoms with Crippen LogP contribution in [0.1, 0.15) is 19.3 Å². The Morgan fingerprint density at radius 3 is 2.91 bits per heavy atom. The standard InChI is InChI=1S/C10H13N/c1-8-9-3-2-6-11(9)7-10(8)4-5-10/h3H,1-2,4-7H2. The highest BCUT2D eigenvalue weighted by atomic mass is 15.2. The molecule has 58 valence electrons. The van der Waals surface area contributed by atoms with Gasteiger partial charge in [-0.15, -0.1) is 0 Å². The second-order valence-electron chi connectivity index (χ2n) is 4.06. The highest BCUT2D eigenvalue weighted by molar-refractivity contribution is 5.44. The van der Waals surface area contributed by atoms with E-state index in [0.29, 0.717) is 5.41 Å². The van der Waals surface area contributed by atoms with Crippen LogP contribution in [0.3, 0.4) is 0 Å². The van der Waals surface area contributed by atoms with Gasteiger partial charge in [-0.3, -0.25) is 0 Å². The van der Waals surface area contributed by atoms with E-state index >= 15 is 0 Å². The van der Waals surface area contributed by atoms with Gasteiger partial charge < -0.3 is 4.90 Å². The predicted molar refractivity (Wildman–Crippen MR) is 45.1 cm³/mol. The lowest BCUT2D eigenvalue weighted by atomic mass is 9.99. The van der Waals surface area contributed by atoms with Crippen molar-refractivity contribution in [2.24, 2.45) is 5.41 Å². The van der Waals surface area contributed by atoms with Crippen molar-refractivity contribution in [1.82, 2.24) is 4.90 Å². The lowest BCUT2D eigenvalue weighted by molar-refractivity contribution is 0.384. The lowest BCUT2D eigenvalue weighted by Gasteiger charge is -2.12. The molecule has 2 fully saturated rings. The zero-order valence-corrected chi connectivity index (χ0v) is 6.77. The molecule has 11 heavy (non-hydrogen) atoms. The molecule has 0 N–H and O–H groups in total. The minimum atomic E-state index is 0.562. The molecule has 1 nitrogen and oxygen atoms in total. The van der Waals surface area contributed by atoms with Gasteiger partial charge >= 0.3 is 0 Å². The summed E-state index contributed by atoms with van der Waals surface area (Å²) in [7, 11) is 0. The van der Waals surface area contributed by atoms with Gasteiger partial charge in [-0.25, -0.2) is 0 Å². The average Bonchev–Trinajstić information content (AvgIpc) is 2.53. The molecule has 0 aromatic rings. The SMILES string of the molecule is C=C1C2=CCCN2CC12CC2. The quantitative estimate of drug-likeness (QED) is 0.506. The van der Waals surface area contributed by atoms with E-state index in [9.17, 15) is 0 Å². The topological polar surface area (TPSA) is 3.24 Å². The summed E-state index contributed by atoms with van der Waals surface area (Å²) in [4.78, 5) is 2.51. The van der Waals surface area contributed by atoms with E-state index in [1.807, 2.05) is 0 Å². The normalized spacial score (nSPS) is 31.1. The fourth-order valence-corrected chi connectivity index (χ4v) is 2.43. The summed E-state index contributed by atoms with van der Waals surface area (Å²) in [6.45, 7) is 6.72. The minimum Gasteiger partial charge on any atom is -0.370 e. The Hall–Kier alpha value is -0.720. The van der Waals surface area contributed by atoms with Crippen molar-refractivity contribution in [2.75, 3.05) is 13.1 Å². The molecule has 1 aliphatic carbocycles. The van der Waals surface area contributed by atoms with Crippen molar-refractivity contribution in [3.63, 3.8) is 0 Å². The molecular formula is C10H13N. The summed E-state index contributed by atoms with van der Waals surface area (Å²) in [6, 6.07) is 0. The largest absolute Gasteiger partial charge is 0.370 e. The van der Waals surface area contributed by atoms with Crippen LogP contribution in [0, 0.1) is 5.41 Å². The number of allylic oxidation sites excluding steroid dienone is 1. The molecule has 0 radical (unpaired) electrons. The Bertz CT molecular complexity index is 258. The molecule has 0 amide bonds. The van der Waals surface area contributed by atoms with Crippen molar-refractivity contribution in [2.45, 2.75) is 19.3 Å². The monoisotopic (exact) mass is 147 g/mol. The van der Waals surface area contributed by atoms with E-state index in [1.165, 1.54) is 43.6 Å². The first-order valence-corrected chi connectivity index (χ1v) is 4.47. The zero-order chi connectivity index (χ0) is 7.47. The molecule has 2 heterocycles. The highest BCUT2D eigenvalue weighted by Crippen LogP contribution is 2.59. The first-order chi connectivity index (χ1) is 5.32. The summed E-state index contributed by atoms with van der Waals surface area (Å²) in [5, 5.41) is 0. The molecule has 1 heteroatoms. The number of fused-ring (bicyclic) bond motifs is 1. The van der Waals surface area contributed by atoms with Crippen LogP contribution < -0.4 is 0 Å². The average molecular weight is 147 g/mol. The van der Waals surface area contributed by atoms with E-state index in [4.69, 9.17) is 0 Å². The second-order valence-corrected chi connectivity index (χ2v) is 4.06. The Labute approximate surface area is 67.4 Å². The van der Waals surface area contributed by atoms with Gasteiger partial charge in [0.2, 0.25) is 0 Å². The molecule has 3 rings (SSSR count). The molecule has 0 bridgehead atoms. The molecule has 0 atom stereocenters. The van der Waals surface area contributed by atoms with E-state index in [0.717, 1.165) is 0 Å². The minimum absolute atomic E-state index is 0.562. The summed E-state index contributed by atoms with van der Waals surface area (Å²) in [6.07, 6.45) is 6.37. The molecule has 0 aromatic carbocycles. The predicted octanol–water partition coefficient (Wildman–Crippen LogP) is 1.93. The van der Waals surface area contributed by atoms with Crippen LogP contribution in [0.15, 0.2) is 23.9 Å². The Kier molecular flexibility index (Phi) is 0.826. The van der Waals surface area contributed by atoms with Crippen LogP contribution in [0.5, 0.6) is 0 Å². The number of nitrogens with zero attached hydrogens (tertiary/aromatic N) is 1. The van der Waals surface area contributed by atoms with Crippen molar-refractivity contribution in [1.29, 1.82) is 0 Å². The Morgan fingerprint density at radius 1 is 1.45 bits per heavy atom. The van der Waals surface area contributed by atoms with E-state index < -0.39 is 0 Å². The van der Waals surface area contributed by atoms with Gasteiger partial charge in [0.1, 0.15) is 0 Å². The number of hydrogen-bond acceptors (Lipinski definition) is 1. The molecule has 2 aliphatic heterocycles. The first-order valence-electron chi connectivity index (χ1n) is 4.47. The summed E-state index contributed by atoms with van der Waals surface area (Å²) in [5.74, 6) is 0. The molecule has 0 aromatic heterocycles. The van der Waals surface area contributed by atoms with E-state index in [-0.39, 0.29) is 0 Å². The number of hydrogen-bond donors (Lipinski definition) is 0. The smallest absolute Gasteiger partial charge is 0.0359 e. The molecule has 1 saturated carbocycles. The van der Waals surface area contributed by atoms with Gasteiger partial charge in [0, 0.05) is 24.2 Å². The molecule has 1 spiro atoms. The molecule has 1 saturated heterocycles. The van der Waals surface area contributed by atoms with Crippen LogP contribution in [0.25, 0.3) is 0 Å². The summed E-state index contributed by atoms with van der Waals surface area (Å²) in [5.41, 5.74) is 3.48. The Balaban J connectivity index is 2.05. The fraction of sp³-hybridized carbons (Fsp3) is 0.600. The van der Waals surface area contributed by atoms with Crippen LogP contribution in [0.4, 0.5) is 0 Å². The highest BCUT2D eigenvalue weighted by Gasteiger charge is 2.53. The van der Waals surface area contributed by atoms with Gasteiger partial charge in [-0.05, 0) is 24.8 Å². The van der Waals surface area contributed by atoms with E-state index in [1.54, 1.807) is 0 Å². The third-order valence-electron chi connectivity index (χ3n) is 3.37. The van der Waals surface area contributed by atoms with Gasteiger partial charge in [-0.1, -0.05) is 12.7 Å². The molecule has 0 unspecified atom stereocenters. The van der Waals surface area contributed by atoms with Crippen LogP contribution >= 0.6 is 0 Å². The van der Waals surface area contributed by atoms with Crippen molar-refractivity contribution >= 4 is 0 Å². The summed E-state index contributed by atoms with van der Waals surface area (Å²) >= 11 is 0. The van der Waals surface area contributed by atoms with Crippen molar-refractivity contribution in [3.8, 4) is 0 Å².